The quantitative estimate of drug-likeness (QED) is 0.703. The van der Waals surface area contributed by atoms with Crippen LogP contribution < -0.4 is 0 Å². The van der Waals surface area contributed by atoms with E-state index in [1.807, 2.05) is 23.5 Å². The molecule has 3 heteroatoms. The lowest BCUT2D eigenvalue weighted by Gasteiger charge is -1.99. The minimum atomic E-state index is 1.11. The fourth-order valence-electron chi connectivity index (χ4n) is 1.68. The Balaban J connectivity index is 2.59. The van der Waals surface area contributed by atoms with Gasteiger partial charge in [-0.15, -0.1) is 11.8 Å². The number of rotatable bonds is 2. The molecular weight excluding hydrogens is 192 g/mol. The topological polar surface area (TPSA) is 17.8 Å². The smallest absolute Gasteiger partial charge is 0.0682 e. The van der Waals surface area contributed by atoms with Crippen LogP contribution in [0, 0.1) is 6.92 Å². The predicted octanol–water partition coefficient (Wildman–Crippen LogP) is 2.99. The highest BCUT2D eigenvalue weighted by Gasteiger charge is 2.04. The number of fused-ring (bicyclic) bond motifs is 1. The number of hydrogen-bond donors (Lipinski definition) is 0. The van der Waals surface area contributed by atoms with E-state index in [4.69, 9.17) is 0 Å². The Morgan fingerprint density at radius 2 is 2.21 bits per heavy atom. The molecule has 0 saturated carbocycles. The van der Waals surface area contributed by atoms with Crippen molar-refractivity contribution >= 4 is 22.7 Å². The number of benzene rings is 1. The molecule has 0 N–H and O–H groups in total. The Morgan fingerprint density at radius 3 is 2.93 bits per heavy atom. The summed E-state index contributed by atoms with van der Waals surface area (Å²) in [6.07, 6.45) is 0. The van der Waals surface area contributed by atoms with E-state index in [9.17, 15) is 0 Å². The van der Waals surface area contributed by atoms with E-state index in [-0.39, 0.29) is 0 Å². The van der Waals surface area contributed by atoms with Crippen molar-refractivity contribution in [2.75, 3.05) is 5.75 Å². The molecule has 0 bridgehead atoms. The molecule has 1 aromatic carbocycles. The molecule has 0 saturated heterocycles. The van der Waals surface area contributed by atoms with Crippen molar-refractivity contribution in [3.8, 4) is 0 Å². The van der Waals surface area contributed by atoms with Gasteiger partial charge >= 0.3 is 0 Å². The zero-order valence-corrected chi connectivity index (χ0v) is 9.56. The van der Waals surface area contributed by atoms with Gasteiger partial charge in [0.15, 0.2) is 0 Å². The molecule has 1 heterocycles. The number of thioether (sulfide) groups is 1. The van der Waals surface area contributed by atoms with E-state index < -0.39 is 0 Å². The third kappa shape index (κ3) is 1.52. The molecule has 0 spiro atoms. The van der Waals surface area contributed by atoms with E-state index in [1.165, 1.54) is 15.8 Å². The standard InChI is InChI=1S/C11H14N2S/c1-4-14-9-5-6-11-10(7-9)8(2)12-13(11)3/h5-7H,4H2,1-3H3. The Hall–Kier alpha value is -0.960. The van der Waals surface area contributed by atoms with Crippen molar-refractivity contribution in [3.63, 3.8) is 0 Å². The molecule has 2 nitrogen and oxygen atoms in total. The fourth-order valence-corrected chi connectivity index (χ4v) is 2.38. The van der Waals surface area contributed by atoms with Crippen molar-refractivity contribution in [1.29, 1.82) is 0 Å². The van der Waals surface area contributed by atoms with Gasteiger partial charge in [0.05, 0.1) is 11.2 Å². The van der Waals surface area contributed by atoms with Crippen molar-refractivity contribution in [2.24, 2.45) is 7.05 Å². The van der Waals surface area contributed by atoms with Gasteiger partial charge in [0, 0.05) is 17.3 Å². The Bertz CT molecular complexity index is 460. The van der Waals surface area contributed by atoms with Crippen LogP contribution in [0.1, 0.15) is 12.6 Å². The summed E-state index contributed by atoms with van der Waals surface area (Å²) >= 11 is 1.87. The maximum absolute atomic E-state index is 4.40. The van der Waals surface area contributed by atoms with Gasteiger partial charge in [-0.3, -0.25) is 4.68 Å². The van der Waals surface area contributed by atoms with Crippen LogP contribution in [0.4, 0.5) is 0 Å². The molecule has 0 amide bonds. The van der Waals surface area contributed by atoms with E-state index in [0.717, 1.165) is 11.4 Å². The Morgan fingerprint density at radius 1 is 1.43 bits per heavy atom. The van der Waals surface area contributed by atoms with E-state index in [2.05, 4.69) is 37.1 Å². The molecule has 2 rings (SSSR count). The van der Waals surface area contributed by atoms with Crippen LogP contribution >= 0.6 is 11.8 Å². The summed E-state index contributed by atoms with van der Waals surface area (Å²) in [4.78, 5) is 1.33. The summed E-state index contributed by atoms with van der Waals surface area (Å²) in [6, 6.07) is 6.54. The third-order valence-corrected chi connectivity index (χ3v) is 3.19. The van der Waals surface area contributed by atoms with Crippen LogP contribution in [0.25, 0.3) is 10.9 Å². The second kappa shape index (κ2) is 3.65. The van der Waals surface area contributed by atoms with E-state index in [1.54, 1.807) is 0 Å². The van der Waals surface area contributed by atoms with E-state index in [0.29, 0.717) is 0 Å². The maximum Gasteiger partial charge on any atom is 0.0682 e. The van der Waals surface area contributed by atoms with Gasteiger partial charge in [-0.25, -0.2) is 0 Å². The monoisotopic (exact) mass is 206 g/mol. The zero-order valence-electron chi connectivity index (χ0n) is 8.74. The molecule has 0 fully saturated rings. The SMILES string of the molecule is CCSc1ccc2c(c1)c(C)nn2C. The average Bonchev–Trinajstić information content (AvgIpc) is 2.43. The molecule has 0 radical (unpaired) electrons. The predicted molar refractivity (Wildman–Crippen MR) is 61.8 cm³/mol. The molecule has 74 valence electrons. The van der Waals surface area contributed by atoms with Gasteiger partial charge in [-0.05, 0) is 30.9 Å². The molecule has 0 aliphatic rings. The van der Waals surface area contributed by atoms with Crippen molar-refractivity contribution < 1.29 is 0 Å². The molecule has 0 aliphatic carbocycles. The summed E-state index contributed by atoms with van der Waals surface area (Å²) in [5, 5.41) is 5.67. The van der Waals surface area contributed by atoms with E-state index >= 15 is 0 Å². The molecule has 14 heavy (non-hydrogen) atoms. The lowest BCUT2D eigenvalue weighted by molar-refractivity contribution is 0.783. The first kappa shape index (κ1) is 9.59. The van der Waals surface area contributed by atoms with Crippen LogP contribution in [-0.4, -0.2) is 15.5 Å². The lowest BCUT2D eigenvalue weighted by atomic mass is 10.2. The highest BCUT2D eigenvalue weighted by molar-refractivity contribution is 7.99. The minimum Gasteiger partial charge on any atom is -0.268 e. The summed E-state index contributed by atoms with van der Waals surface area (Å²) in [5.74, 6) is 1.12. The van der Waals surface area contributed by atoms with Gasteiger partial charge in [-0.1, -0.05) is 6.92 Å². The van der Waals surface area contributed by atoms with Gasteiger partial charge in [0.25, 0.3) is 0 Å². The van der Waals surface area contributed by atoms with Gasteiger partial charge in [0.2, 0.25) is 0 Å². The minimum absolute atomic E-state index is 1.11. The zero-order chi connectivity index (χ0) is 10.1. The largest absolute Gasteiger partial charge is 0.268 e. The Labute approximate surface area is 88.3 Å². The maximum atomic E-state index is 4.40. The molecule has 1 aromatic heterocycles. The number of nitrogens with zero attached hydrogens (tertiary/aromatic N) is 2. The van der Waals surface area contributed by atoms with Crippen LogP contribution in [0.15, 0.2) is 23.1 Å². The van der Waals surface area contributed by atoms with Gasteiger partial charge in [0.1, 0.15) is 0 Å². The Kier molecular flexibility index (Phi) is 2.50. The van der Waals surface area contributed by atoms with Crippen LogP contribution in [0.5, 0.6) is 0 Å². The highest BCUT2D eigenvalue weighted by Crippen LogP contribution is 2.24. The highest BCUT2D eigenvalue weighted by atomic mass is 32.2. The summed E-state index contributed by atoms with van der Waals surface area (Å²) in [7, 11) is 1.99. The van der Waals surface area contributed by atoms with Gasteiger partial charge in [-0.2, -0.15) is 5.10 Å². The molecule has 0 aliphatic heterocycles. The van der Waals surface area contributed by atoms with Crippen molar-refractivity contribution in [3.05, 3.63) is 23.9 Å². The van der Waals surface area contributed by atoms with Gasteiger partial charge < -0.3 is 0 Å². The first-order valence-corrected chi connectivity index (χ1v) is 5.77. The van der Waals surface area contributed by atoms with Crippen LogP contribution in [0.2, 0.25) is 0 Å². The van der Waals surface area contributed by atoms with Crippen molar-refractivity contribution in [2.45, 2.75) is 18.7 Å². The summed E-state index contributed by atoms with van der Waals surface area (Å²) in [6.45, 7) is 4.23. The van der Waals surface area contributed by atoms with Crippen LogP contribution in [-0.2, 0) is 7.05 Å². The first-order chi connectivity index (χ1) is 6.72. The second-order valence-corrected chi connectivity index (χ2v) is 4.66. The molecule has 2 aromatic rings. The number of aromatic nitrogens is 2. The normalized spacial score (nSPS) is 11.1. The summed E-state index contributed by atoms with van der Waals surface area (Å²) in [5.41, 5.74) is 2.32. The third-order valence-electron chi connectivity index (χ3n) is 2.32. The molecule has 0 atom stereocenters. The lowest BCUT2D eigenvalue weighted by Crippen LogP contribution is -1.88. The number of hydrogen-bond acceptors (Lipinski definition) is 2. The van der Waals surface area contributed by atoms with Crippen molar-refractivity contribution in [1.82, 2.24) is 9.78 Å². The average molecular weight is 206 g/mol. The molecular formula is C11H14N2S. The second-order valence-electron chi connectivity index (χ2n) is 3.32. The molecule has 0 unspecified atom stereocenters. The van der Waals surface area contributed by atoms with Crippen LogP contribution in [0.3, 0.4) is 0 Å². The summed E-state index contributed by atoms with van der Waals surface area (Å²) < 4.78 is 1.94. The number of aryl methyl sites for hydroxylation is 2. The first-order valence-electron chi connectivity index (χ1n) is 4.78. The fraction of sp³-hybridized carbons (Fsp3) is 0.364.